The molecule has 2 heterocycles. The highest BCUT2D eigenvalue weighted by molar-refractivity contribution is 7.09. The SMILES string of the molecule is COCc1nc(CC2(O)CCCNC2)cs1. The number of ether oxygens (including phenoxy) is 1. The van der Waals surface area contributed by atoms with Crippen molar-refractivity contribution in [2.45, 2.75) is 31.5 Å². The molecule has 1 aromatic rings. The van der Waals surface area contributed by atoms with Gasteiger partial charge in [-0.3, -0.25) is 0 Å². The van der Waals surface area contributed by atoms with E-state index in [1.807, 2.05) is 5.38 Å². The van der Waals surface area contributed by atoms with Crippen molar-refractivity contribution in [3.8, 4) is 0 Å². The van der Waals surface area contributed by atoms with Crippen LogP contribution in [0.15, 0.2) is 5.38 Å². The maximum Gasteiger partial charge on any atom is 0.119 e. The van der Waals surface area contributed by atoms with Crippen molar-refractivity contribution in [1.82, 2.24) is 10.3 Å². The summed E-state index contributed by atoms with van der Waals surface area (Å²) < 4.78 is 5.03. The molecule has 0 aliphatic carbocycles. The molecule has 0 amide bonds. The molecule has 0 bridgehead atoms. The molecule has 2 rings (SSSR count). The van der Waals surface area contributed by atoms with Crippen LogP contribution in [0, 0.1) is 0 Å². The van der Waals surface area contributed by atoms with Gasteiger partial charge in [0.1, 0.15) is 5.01 Å². The van der Waals surface area contributed by atoms with E-state index in [9.17, 15) is 5.11 Å². The molecule has 1 aliphatic rings. The number of rotatable bonds is 4. The van der Waals surface area contributed by atoms with Gasteiger partial charge in [0.2, 0.25) is 0 Å². The topological polar surface area (TPSA) is 54.4 Å². The lowest BCUT2D eigenvalue weighted by Gasteiger charge is -2.32. The van der Waals surface area contributed by atoms with Crippen LogP contribution in [-0.4, -0.2) is 35.9 Å². The largest absolute Gasteiger partial charge is 0.388 e. The highest BCUT2D eigenvalue weighted by atomic mass is 32.1. The molecule has 1 aliphatic heterocycles. The molecular weight excluding hydrogens is 224 g/mol. The smallest absolute Gasteiger partial charge is 0.119 e. The molecular formula is C11H18N2O2S. The van der Waals surface area contributed by atoms with Gasteiger partial charge in [0.05, 0.1) is 17.9 Å². The number of nitrogens with one attached hydrogen (secondary N) is 1. The van der Waals surface area contributed by atoms with E-state index in [4.69, 9.17) is 4.74 Å². The zero-order chi connectivity index (χ0) is 11.4. The lowest BCUT2D eigenvalue weighted by Crippen LogP contribution is -2.47. The number of nitrogens with zero attached hydrogens (tertiary/aromatic N) is 1. The number of aromatic nitrogens is 1. The van der Waals surface area contributed by atoms with Crippen LogP contribution in [0.2, 0.25) is 0 Å². The number of β-amino-alcohol motifs (C(OH)–C–C–N with tert-alkyl or cyclic N) is 1. The molecule has 1 unspecified atom stereocenters. The summed E-state index contributed by atoms with van der Waals surface area (Å²) >= 11 is 1.59. The second-order valence-electron chi connectivity index (χ2n) is 4.35. The fourth-order valence-corrected chi connectivity index (χ4v) is 2.82. The summed E-state index contributed by atoms with van der Waals surface area (Å²) in [5.41, 5.74) is 0.361. The second-order valence-corrected chi connectivity index (χ2v) is 5.29. The van der Waals surface area contributed by atoms with Crippen LogP contribution in [-0.2, 0) is 17.8 Å². The number of hydrogen-bond acceptors (Lipinski definition) is 5. The summed E-state index contributed by atoms with van der Waals surface area (Å²) in [6.07, 6.45) is 2.53. The highest BCUT2D eigenvalue weighted by Gasteiger charge is 2.30. The van der Waals surface area contributed by atoms with Crippen molar-refractivity contribution >= 4 is 11.3 Å². The Bertz CT molecular complexity index is 334. The molecule has 0 spiro atoms. The van der Waals surface area contributed by atoms with Gasteiger partial charge < -0.3 is 15.2 Å². The Kier molecular flexibility index (Phi) is 3.91. The van der Waals surface area contributed by atoms with Gasteiger partial charge in [0, 0.05) is 25.5 Å². The molecule has 1 saturated heterocycles. The van der Waals surface area contributed by atoms with Crippen LogP contribution in [0.25, 0.3) is 0 Å². The van der Waals surface area contributed by atoms with E-state index < -0.39 is 5.60 Å². The number of thiazole rings is 1. The van der Waals surface area contributed by atoms with Gasteiger partial charge in [-0.2, -0.15) is 0 Å². The van der Waals surface area contributed by atoms with Gasteiger partial charge in [0.25, 0.3) is 0 Å². The minimum absolute atomic E-state index is 0.557. The predicted octanol–water partition coefficient (Wildman–Crippen LogP) is 0.946. The summed E-state index contributed by atoms with van der Waals surface area (Å²) in [5.74, 6) is 0. The van der Waals surface area contributed by atoms with E-state index in [0.29, 0.717) is 19.6 Å². The molecule has 90 valence electrons. The third-order valence-electron chi connectivity index (χ3n) is 2.83. The van der Waals surface area contributed by atoms with Crippen molar-refractivity contribution in [2.75, 3.05) is 20.2 Å². The predicted molar refractivity (Wildman–Crippen MR) is 63.6 cm³/mol. The van der Waals surface area contributed by atoms with Gasteiger partial charge in [-0.25, -0.2) is 4.98 Å². The van der Waals surface area contributed by atoms with E-state index in [1.54, 1.807) is 18.4 Å². The quantitative estimate of drug-likeness (QED) is 0.825. The van der Waals surface area contributed by atoms with E-state index in [2.05, 4.69) is 10.3 Å². The molecule has 0 radical (unpaired) electrons. The van der Waals surface area contributed by atoms with Crippen molar-refractivity contribution in [1.29, 1.82) is 0 Å². The Hall–Kier alpha value is -0.490. The lowest BCUT2D eigenvalue weighted by atomic mass is 9.90. The number of hydrogen-bond donors (Lipinski definition) is 2. The lowest BCUT2D eigenvalue weighted by molar-refractivity contribution is 0.0161. The fraction of sp³-hybridized carbons (Fsp3) is 0.727. The molecule has 4 nitrogen and oxygen atoms in total. The minimum atomic E-state index is -0.614. The van der Waals surface area contributed by atoms with Gasteiger partial charge in [-0.05, 0) is 19.4 Å². The van der Waals surface area contributed by atoms with Gasteiger partial charge >= 0.3 is 0 Å². The third-order valence-corrected chi connectivity index (χ3v) is 3.70. The van der Waals surface area contributed by atoms with E-state index >= 15 is 0 Å². The van der Waals surface area contributed by atoms with Crippen molar-refractivity contribution in [3.63, 3.8) is 0 Å². The Morgan fingerprint density at radius 2 is 2.56 bits per heavy atom. The first-order valence-electron chi connectivity index (χ1n) is 5.57. The van der Waals surface area contributed by atoms with Crippen LogP contribution in [0.4, 0.5) is 0 Å². The Balaban J connectivity index is 1.96. The number of aliphatic hydroxyl groups is 1. The Morgan fingerprint density at radius 3 is 3.25 bits per heavy atom. The first-order chi connectivity index (χ1) is 7.72. The number of methoxy groups -OCH3 is 1. The van der Waals surface area contributed by atoms with Crippen molar-refractivity contribution < 1.29 is 9.84 Å². The molecule has 1 atom stereocenters. The monoisotopic (exact) mass is 242 g/mol. The van der Waals surface area contributed by atoms with E-state index in [0.717, 1.165) is 30.1 Å². The maximum atomic E-state index is 10.3. The number of piperidine rings is 1. The van der Waals surface area contributed by atoms with Gasteiger partial charge in [0.15, 0.2) is 0 Å². The third kappa shape index (κ3) is 3.01. The zero-order valence-electron chi connectivity index (χ0n) is 9.53. The molecule has 5 heteroatoms. The summed E-state index contributed by atoms with van der Waals surface area (Å²) in [5, 5.41) is 16.6. The minimum Gasteiger partial charge on any atom is -0.388 e. The molecule has 16 heavy (non-hydrogen) atoms. The highest BCUT2D eigenvalue weighted by Crippen LogP contribution is 2.22. The normalized spacial score (nSPS) is 25.9. The molecule has 1 fully saturated rings. The fourth-order valence-electron chi connectivity index (χ4n) is 2.06. The molecule has 1 aromatic heterocycles. The first-order valence-corrected chi connectivity index (χ1v) is 6.45. The van der Waals surface area contributed by atoms with Gasteiger partial charge in [-0.15, -0.1) is 11.3 Å². The Labute approximate surface area is 99.7 Å². The maximum absolute atomic E-state index is 10.3. The summed E-state index contributed by atoms with van der Waals surface area (Å²) in [7, 11) is 1.67. The summed E-state index contributed by atoms with van der Waals surface area (Å²) in [6, 6.07) is 0. The van der Waals surface area contributed by atoms with Crippen LogP contribution in [0.1, 0.15) is 23.5 Å². The average molecular weight is 242 g/mol. The van der Waals surface area contributed by atoms with Crippen LogP contribution in [0.5, 0.6) is 0 Å². The average Bonchev–Trinajstić information content (AvgIpc) is 2.66. The van der Waals surface area contributed by atoms with Crippen LogP contribution in [0.3, 0.4) is 0 Å². The standard InChI is InChI=1S/C11H18N2O2S/c1-15-6-10-13-9(7-16-10)5-11(14)3-2-4-12-8-11/h7,12,14H,2-6,8H2,1H3. The van der Waals surface area contributed by atoms with Crippen molar-refractivity contribution in [2.24, 2.45) is 0 Å². The van der Waals surface area contributed by atoms with Crippen LogP contribution >= 0.6 is 11.3 Å². The summed E-state index contributed by atoms with van der Waals surface area (Å²) in [4.78, 5) is 4.45. The second kappa shape index (κ2) is 5.23. The first kappa shape index (κ1) is 12.0. The van der Waals surface area contributed by atoms with E-state index in [1.165, 1.54) is 0 Å². The molecule has 0 saturated carbocycles. The van der Waals surface area contributed by atoms with E-state index in [-0.39, 0.29) is 0 Å². The molecule has 2 N–H and O–H groups in total. The summed E-state index contributed by atoms with van der Waals surface area (Å²) in [6.45, 7) is 2.24. The van der Waals surface area contributed by atoms with Gasteiger partial charge in [-0.1, -0.05) is 0 Å². The van der Waals surface area contributed by atoms with Crippen LogP contribution < -0.4 is 5.32 Å². The molecule has 0 aromatic carbocycles. The Morgan fingerprint density at radius 1 is 1.69 bits per heavy atom. The van der Waals surface area contributed by atoms with Crippen molar-refractivity contribution in [3.05, 3.63) is 16.1 Å². The zero-order valence-corrected chi connectivity index (χ0v) is 10.3.